The van der Waals surface area contributed by atoms with E-state index in [9.17, 15) is 0 Å². The lowest BCUT2D eigenvalue weighted by atomic mass is 10.0. The maximum atomic E-state index is 3.35. The molecule has 2 N–H and O–H groups in total. The fourth-order valence-electron chi connectivity index (χ4n) is 2.72. The lowest BCUT2D eigenvalue weighted by molar-refractivity contribution is 0.00710. The molecular formula is C12H26N4. The van der Waals surface area contributed by atoms with Crippen LogP contribution < -0.4 is 11.1 Å². The van der Waals surface area contributed by atoms with E-state index in [4.69, 9.17) is 0 Å². The summed E-state index contributed by atoms with van der Waals surface area (Å²) in [6.45, 7) is 9.32. The van der Waals surface area contributed by atoms with E-state index >= 15 is 0 Å². The van der Waals surface area contributed by atoms with Crippen molar-refractivity contribution in [3.63, 3.8) is 0 Å². The number of hydrazine groups is 3. The van der Waals surface area contributed by atoms with Crippen molar-refractivity contribution >= 4 is 0 Å². The van der Waals surface area contributed by atoms with Gasteiger partial charge in [-0.05, 0) is 37.5 Å². The van der Waals surface area contributed by atoms with E-state index in [0.717, 1.165) is 24.9 Å². The average Bonchev–Trinajstić information content (AvgIpc) is 2.27. The topological polar surface area (TPSA) is 30.5 Å². The monoisotopic (exact) mass is 226 g/mol. The van der Waals surface area contributed by atoms with Gasteiger partial charge in [0.15, 0.2) is 0 Å². The van der Waals surface area contributed by atoms with Crippen LogP contribution in [-0.2, 0) is 0 Å². The normalized spacial score (nSPS) is 34.1. The van der Waals surface area contributed by atoms with Gasteiger partial charge in [0.2, 0.25) is 0 Å². The third-order valence-corrected chi connectivity index (χ3v) is 3.68. The first-order valence-electron chi connectivity index (χ1n) is 6.75. The molecule has 4 nitrogen and oxygen atoms in total. The summed E-state index contributed by atoms with van der Waals surface area (Å²) >= 11 is 0. The van der Waals surface area contributed by atoms with E-state index in [0.29, 0.717) is 0 Å². The van der Waals surface area contributed by atoms with Gasteiger partial charge in [-0.25, -0.2) is 10.0 Å². The molecule has 0 aromatic rings. The minimum Gasteiger partial charge on any atom is -0.229 e. The van der Waals surface area contributed by atoms with E-state index in [1.54, 1.807) is 0 Å². The molecule has 0 bridgehead atoms. The largest absolute Gasteiger partial charge is 0.229 e. The van der Waals surface area contributed by atoms with Crippen LogP contribution in [0.15, 0.2) is 0 Å². The second-order valence-electron chi connectivity index (χ2n) is 5.61. The Balaban J connectivity index is 1.66. The Morgan fingerprint density at radius 2 is 1.25 bits per heavy atom. The molecule has 94 valence electrons. The third-order valence-electron chi connectivity index (χ3n) is 3.68. The maximum absolute atomic E-state index is 3.35. The summed E-state index contributed by atoms with van der Waals surface area (Å²) in [4.78, 5) is 0. The molecule has 0 aliphatic carbocycles. The SMILES string of the molecule is CC1CCCN(NNN2CCCC(C)C2)C1. The average molecular weight is 226 g/mol. The van der Waals surface area contributed by atoms with Crippen molar-refractivity contribution in [2.75, 3.05) is 26.2 Å². The summed E-state index contributed by atoms with van der Waals surface area (Å²) in [5, 5.41) is 4.63. The second kappa shape index (κ2) is 5.96. The quantitative estimate of drug-likeness (QED) is 0.712. The van der Waals surface area contributed by atoms with Crippen LogP contribution >= 0.6 is 0 Å². The van der Waals surface area contributed by atoms with Crippen molar-refractivity contribution in [3.05, 3.63) is 0 Å². The molecule has 0 radical (unpaired) electrons. The third kappa shape index (κ3) is 3.70. The summed E-state index contributed by atoms with van der Waals surface area (Å²) < 4.78 is 0. The van der Waals surface area contributed by atoms with Crippen molar-refractivity contribution in [1.29, 1.82) is 0 Å². The fraction of sp³-hybridized carbons (Fsp3) is 1.00. The second-order valence-corrected chi connectivity index (χ2v) is 5.61. The van der Waals surface area contributed by atoms with Crippen LogP contribution in [0.2, 0.25) is 0 Å². The highest BCUT2D eigenvalue weighted by Crippen LogP contribution is 2.14. The summed E-state index contributed by atoms with van der Waals surface area (Å²) in [5.41, 5.74) is 6.70. The van der Waals surface area contributed by atoms with Gasteiger partial charge in [-0.15, -0.1) is 0 Å². The predicted molar refractivity (Wildman–Crippen MR) is 66.2 cm³/mol. The predicted octanol–water partition coefficient (Wildman–Crippen LogP) is 1.37. The van der Waals surface area contributed by atoms with E-state index in [1.807, 2.05) is 0 Å². The number of hydrogen-bond donors (Lipinski definition) is 2. The number of piperidine rings is 2. The molecule has 0 saturated carbocycles. The molecule has 2 unspecified atom stereocenters. The summed E-state index contributed by atoms with van der Waals surface area (Å²) in [7, 11) is 0. The van der Waals surface area contributed by atoms with Gasteiger partial charge in [-0.2, -0.15) is 11.1 Å². The molecule has 0 aromatic heterocycles. The molecule has 2 fully saturated rings. The Morgan fingerprint density at radius 3 is 1.62 bits per heavy atom. The van der Waals surface area contributed by atoms with Gasteiger partial charge in [0.05, 0.1) is 0 Å². The van der Waals surface area contributed by atoms with E-state index < -0.39 is 0 Å². The van der Waals surface area contributed by atoms with Crippen LogP contribution in [0.1, 0.15) is 39.5 Å². The number of nitrogens with zero attached hydrogens (tertiary/aromatic N) is 2. The molecule has 0 amide bonds. The summed E-state index contributed by atoms with van der Waals surface area (Å²) in [6.07, 6.45) is 5.37. The summed E-state index contributed by atoms with van der Waals surface area (Å²) in [5.74, 6) is 1.65. The van der Waals surface area contributed by atoms with Crippen molar-refractivity contribution in [2.24, 2.45) is 11.8 Å². The van der Waals surface area contributed by atoms with Crippen LogP contribution in [0.25, 0.3) is 0 Å². The Bertz CT molecular complexity index is 187. The van der Waals surface area contributed by atoms with Gasteiger partial charge in [0.25, 0.3) is 0 Å². The standard InChI is InChI=1S/C12H26N4/c1-11-5-3-7-15(9-11)13-14-16-8-4-6-12(2)10-16/h11-14H,3-10H2,1-2H3. The fourth-order valence-corrected chi connectivity index (χ4v) is 2.72. The van der Waals surface area contributed by atoms with Gasteiger partial charge in [-0.1, -0.05) is 13.8 Å². The zero-order valence-corrected chi connectivity index (χ0v) is 10.7. The highest BCUT2D eigenvalue weighted by molar-refractivity contribution is 4.68. The van der Waals surface area contributed by atoms with Crippen LogP contribution in [-0.4, -0.2) is 36.2 Å². The minimum absolute atomic E-state index is 0.823. The Morgan fingerprint density at radius 1 is 0.812 bits per heavy atom. The lowest BCUT2D eigenvalue weighted by Gasteiger charge is -2.36. The minimum atomic E-state index is 0.823. The Hall–Kier alpha value is -0.160. The molecule has 4 heteroatoms. The van der Waals surface area contributed by atoms with Crippen molar-refractivity contribution in [1.82, 2.24) is 21.1 Å². The molecule has 2 saturated heterocycles. The van der Waals surface area contributed by atoms with Crippen LogP contribution in [0.4, 0.5) is 0 Å². The number of nitrogens with one attached hydrogen (secondary N) is 2. The van der Waals surface area contributed by atoms with Gasteiger partial charge >= 0.3 is 0 Å². The smallest absolute Gasteiger partial charge is 0.0170 e. The van der Waals surface area contributed by atoms with Crippen molar-refractivity contribution in [2.45, 2.75) is 39.5 Å². The molecule has 2 heterocycles. The maximum Gasteiger partial charge on any atom is 0.0170 e. The van der Waals surface area contributed by atoms with Crippen LogP contribution in [0.3, 0.4) is 0 Å². The summed E-state index contributed by atoms with van der Waals surface area (Å²) in [6, 6.07) is 0. The van der Waals surface area contributed by atoms with E-state index in [1.165, 1.54) is 38.8 Å². The van der Waals surface area contributed by atoms with Gasteiger partial charge in [0.1, 0.15) is 0 Å². The zero-order chi connectivity index (χ0) is 11.4. The molecular weight excluding hydrogens is 200 g/mol. The Kier molecular flexibility index (Phi) is 4.58. The molecule has 2 aliphatic rings. The molecule has 2 rings (SSSR count). The van der Waals surface area contributed by atoms with Crippen LogP contribution in [0.5, 0.6) is 0 Å². The molecule has 16 heavy (non-hydrogen) atoms. The van der Waals surface area contributed by atoms with E-state index in [-0.39, 0.29) is 0 Å². The number of rotatable bonds is 3. The first kappa shape index (κ1) is 12.3. The van der Waals surface area contributed by atoms with Gasteiger partial charge in [-0.3, -0.25) is 0 Å². The highest BCUT2D eigenvalue weighted by Gasteiger charge is 2.18. The van der Waals surface area contributed by atoms with Gasteiger partial charge < -0.3 is 0 Å². The number of hydrogen-bond acceptors (Lipinski definition) is 4. The van der Waals surface area contributed by atoms with E-state index in [2.05, 4.69) is 34.9 Å². The lowest BCUT2D eigenvalue weighted by Crippen LogP contribution is -2.58. The van der Waals surface area contributed by atoms with Gasteiger partial charge in [0, 0.05) is 26.2 Å². The van der Waals surface area contributed by atoms with Crippen LogP contribution in [0, 0.1) is 11.8 Å². The zero-order valence-electron chi connectivity index (χ0n) is 10.7. The first-order chi connectivity index (χ1) is 7.74. The molecule has 2 aliphatic heterocycles. The van der Waals surface area contributed by atoms with Crippen molar-refractivity contribution < 1.29 is 0 Å². The molecule has 2 atom stereocenters. The Labute approximate surface area is 99.3 Å². The first-order valence-corrected chi connectivity index (χ1v) is 6.75. The van der Waals surface area contributed by atoms with Crippen molar-refractivity contribution in [3.8, 4) is 0 Å². The highest BCUT2D eigenvalue weighted by atomic mass is 15.8. The molecule has 0 aromatic carbocycles. The molecule has 0 spiro atoms.